The number of ketones is 1. The number of ether oxygens (including phenoxy) is 2. The quantitative estimate of drug-likeness (QED) is 0.741. The molecule has 2 atom stereocenters. The number of thiazole rings is 1. The van der Waals surface area contributed by atoms with Gasteiger partial charge in [-0.1, -0.05) is 0 Å². The zero-order valence-corrected chi connectivity index (χ0v) is 13.2. The lowest BCUT2D eigenvalue weighted by atomic mass is 9.90. The average molecular weight is 319 g/mol. The van der Waals surface area contributed by atoms with Crippen molar-refractivity contribution in [3.05, 3.63) is 22.5 Å². The molecule has 1 aliphatic carbocycles. The third kappa shape index (κ3) is 1.97. The number of aryl methyl sites for hydroxylation is 1. The van der Waals surface area contributed by atoms with Gasteiger partial charge in [-0.15, -0.1) is 22.7 Å². The summed E-state index contributed by atoms with van der Waals surface area (Å²) in [5, 5.41) is 4.16. The molecule has 4 nitrogen and oxygen atoms in total. The number of thiophene rings is 1. The minimum atomic E-state index is -0.433. The summed E-state index contributed by atoms with van der Waals surface area (Å²) in [7, 11) is 1.55. The Kier molecular flexibility index (Phi) is 2.99. The van der Waals surface area contributed by atoms with Crippen molar-refractivity contribution in [1.82, 2.24) is 4.98 Å². The molecule has 0 aliphatic heterocycles. The summed E-state index contributed by atoms with van der Waals surface area (Å²) in [6.45, 7) is 2.01. The minimum absolute atomic E-state index is 0.110. The van der Waals surface area contributed by atoms with E-state index in [0.717, 1.165) is 31.1 Å². The maximum absolute atomic E-state index is 11.5. The first-order chi connectivity index (χ1) is 10.2. The number of benzene rings is 1. The Hall–Kier alpha value is -1.50. The van der Waals surface area contributed by atoms with Crippen molar-refractivity contribution in [2.24, 2.45) is 0 Å². The molecule has 0 amide bonds. The fraction of sp³-hybridized carbons (Fsp3) is 0.333. The van der Waals surface area contributed by atoms with Gasteiger partial charge in [-0.3, -0.25) is 4.79 Å². The molecular weight excluding hydrogens is 306 g/mol. The molecule has 3 aromatic rings. The summed E-state index contributed by atoms with van der Waals surface area (Å²) in [5.41, 5.74) is 1.04. The van der Waals surface area contributed by atoms with Gasteiger partial charge in [-0.2, -0.15) is 0 Å². The monoisotopic (exact) mass is 319 g/mol. The van der Waals surface area contributed by atoms with Crippen LogP contribution < -0.4 is 4.74 Å². The standard InChI is InChI=1S/C15H13NO3S2/c1-7-16-13-12(21-7)6-10(8-3-4-20-15(8)13)19-11-5-9(17)14(11)18-2/h3-4,6,11,14H,5H2,1-2H3. The molecule has 2 heterocycles. The third-order valence-corrected chi connectivity index (χ3v) is 5.60. The number of hydrogen-bond acceptors (Lipinski definition) is 6. The molecule has 2 aromatic heterocycles. The van der Waals surface area contributed by atoms with Crippen LogP contribution in [0.3, 0.4) is 0 Å². The van der Waals surface area contributed by atoms with E-state index in [1.807, 2.05) is 24.4 Å². The molecule has 2 unspecified atom stereocenters. The van der Waals surface area contributed by atoms with Crippen LogP contribution in [0, 0.1) is 6.92 Å². The highest BCUT2D eigenvalue weighted by molar-refractivity contribution is 7.21. The molecule has 0 radical (unpaired) electrons. The van der Waals surface area contributed by atoms with Crippen LogP contribution in [0.2, 0.25) is 0 Å². The van der Waals surface area contributed by atoms with Crippen molar-refractivity contribution >= 4 is 48.8 Å². The van der Waals surface area contributed by atoms with Crippen LogP contribution in [0.5, 0.6) is 5.75 Å². The Morgan fingerprint density at radius 3 is 3.05 bits per heavy atom. The second-order valence-corrected chi connectivity index (χ2v) is 7.25. The van der Waals surface area contributed by atoms with E-state index >= 15 is 0 Å². The molecule has 1 aromatic carbocycles. The first-order valence-corrected chi connectivity index (χ1v) is 8.36. The Labute approximate surface area is 129 Å². The van der Waals surface area contributed by atoms with Gasteiger partial charge in [0, 0.05) is 25.0 Å². The predicted molar refractivity (Wildman–Crippen MR) is 84.6 cm³/mol. The number of carbonyl (C=O) groups is 1. The van der Waals surface area contributed by atoms with Crippen LogP contribution >= 0.6 is 22.7 Å². The number of hydrogen-bond donors (Lipinski definition) is 0. The van der Waals surface area contributed by atoms with Gasteiger partial charge in [-0.25, -0.2) is 4.98 Å². The van der Waals surface area contributed by atoms with E-state index in [1.54, 1.807) is 29.8 Å². The fourth-order valence-corrected chi connectivity index (χ4v) is 4.54. The fourth-order valence-electron chi connectivity index (χ4n) is 2.70. The van der Waals surface area contributed by atoms with E-state index in [-0.39, 0.29) is 11.9 Å². The Balaban J connectivity index is 1.80. The third-order valence-electron chi connectivity index (χ3n) is 3.76. The maximum atomic E-state index is 11.5. The van der Waals surface area contributed by atoms with Gasteiger partial charge in [-0.05, 0) is 18.4 Å². The number of fused-ring (bicyclic) bond motifs is 3. The second-order valence-electron chi connectivity index (χ2n) is 5.10. The molecule has 0 bridgehead atoms. The molecule has 4 rings (SSSR count). The average Bonchev–Trinajstić information content (AvgIpc) is 3.03. The van der Waals surface area contributed by atoms with Gasteiger partial charge in [0.15, 0.2) is 11.9 Å². The largest absolute Gasteiger partial charge is 0.486 e. The molecule has 1 fully saturated rings. The molecule has 0 N–H and O–H groups in total. The van der Waals surface area contributed by atoms with Crippen molar-refractivity contribution in [2.75, 3.05) is 7.11 Å². The first-order valence-electron chi connectivity index (χ1n) is 6.67. The lowest BCUT2D eigenvalue weighted by molar-refractivity contribution is -0.150. The minimum Gasteiger partial charge on any atom is -0.486 e. The Bertz CT molecular complexity index is 851. The van der Waals surface area contributed by atoms with Crippen LogP contribution in [-0.4, -0.2) is 30.1 Å². The second kappa shape index (κ2) is 4.76. The van der Waals surface area contributed by atoms with Crippen LogP contribution in [0.15, 0.2) is 17.5 Å². The molecule has 0 saturated heterocycles. The zero-order valence-electron chi connectivity index (χ0n) is 11.6. The van der Waals surface area contributed by atoms with Gasteiger partial charge >= 0.3 is 0 Å². The first kappa shape index (κ1) is 13.2. The van der Waals surface area contributed by atoms with Gasteiger partial charge in [0.1, 0.15) is 11.9 Å². The van der Waals surface area contributed by atoms with Crippen molar-refractivity contribution < 1.29 is 14.3 Å². The number of methoxy groups -OCH3 is 1. The van der Waals surface area contributed by atoms with Crippen LogP contribution in [-0.2, 0) is 9.53 Å². The highest BCUT2D eigenvalue weighted by atomic mass is 32.1. The number of rotatable bonds is 3. The van der Waals surface area contributed by atoms with Crippen molar-refractivity contribution in [1.29, 1.82) is 0 Å². The zero-order chi connectivity index (χ0) is 14.6. The Morgan fingerprint density at radius 2 is 2.29 bits per heavy atom. The highest BCUT2D eigenvalue weighted by Crippen LogP contribution is 2.40. The van der Waals surface area contributed by atoms with Crippen LogP contribution in [0.1, 0.15) is 11.4 Å². The lowest BCUT2D eigenvalue weighted by Gasteiger charge is -2.33. The summed E-state index contributed by atoms with van der Waals surface area (Å²) in [6, 6.07) is 4.08. The molecule has 1 aliphatic rings. The van der Waals surface area contributed by atoms with E-state index in [9.17, 15) is 4.79 Å². The lowest BCUT2D eigenvalue weighted by Crippen LogP contribution is -2.51. The molecule has 0 spiro atoms. The summed E-state index contributed by atoms with van der Waals surface area (Å²) in [5.74, 6) is 0.931. The number of carbonyl (C=O) groups excluding carboxylic acids is 1. The van der Waals surface area contributed by atoms with Gasteiger partial charge < -0.3 is 9.47 Å². The van der Waals surface area contributed by atoms with Crippen molar-refractivity contribution in [3.8, 4) is 5.75 Å². The summed E-state index contributed by atoms with van der Waals surface area (Å²) >= 11 is 3.33. The topological polar surface area (TPSA) is 48.4 Å². The van der Waals surface area contributed by atoms with Crippen LogP contribution in [0.25, 0.3) is 20.3 Å². The summed E-state index contributed by atoms with van der Waals surface area (Å²) < 4.78 is 13.5. The van der Waals surface area contributed by atoms with Crippen molar-refractivity contribution in [2.45, 2.75) is 25.6 Å². The van der Waals surface area contributed by atoms with E-state index in [1.165, 1.54) is 0 Å². The summed E-state index contributed by atoms with van der Waals surface area (Å²) in [6.07, 6.45) is -0.196. The normalized spacial score (nSPS) is 21.9. The number of nitrogens with zero attached hydrogens (tertiary/aromatic N) is 1. The molecule has 1 saturated carbocycles. The number of Topliss-reactive ketones (excluding diaryl/α,β-unsaturated/α-hetero) is 1. The maximum Gasteiger partial charge on any atom is 0.169 e. The van der Waals surface area contributed by atoms with Crippen LogP contribution in [0.4, 0.5) is 0 Å². The van der Waals surface area contributed by atoms with E-state index in [0.29, 0.717) is 6.42 Å². The predicted octanol–water partition coefficient (Wildman–Crippen LogP) is 3.55. The van der Waals surface area contributed by atoms with E-state index in [4.69, 9.17) is 9.47 Å². The SMILES string of the molecule is COC1C(=O)CC1Oc1cc2sc(C)nc2c2sccc12. The molecule has 108 valence electrons. The molecule has 21 heavy (non-hydrogen) atoms. The number of aromatic nitrogens is 1. The van der Waals surface area contributed by atoms with Crippen molar-refractivity contribution in [3.63, 3.8) is 0 Å². The van der Waals surface area contributed by atoms with Gasteiger partial charge in [0.05, 0.1) is 19.9 Å². The van der Waals surface area contributed by atoms with E-state index < -0.39 is 6.10 Å². The molecular formula is C15H13NO3S2. The highest BCUT2D eigenvalue weighted by Gasteiger charge is 2.42. The van der Waals surface area contributed by atoms with E-state index in [2.05, 4.69) is 4.98 Å². The molecule has 6 heteroatoms. The Morgan fingerprint density at radius 1 is 1.43 bits per heavy atom. The van der Waals surface area contributed by atoms with Gasteiger partial charge in [0.25, 0.3) is 0 Å². The summed E-state index contributed by atoms with van der Waals surface area (Å²) in [4.78, 5) is 16.1. The smallest absolute Gasteiger partial charge is 0.169 e. The van der Waals surface area contributed by atoms with Gasteiger partial charge in [0.2, 0.25) is 0 Å².